The molecule has 0 saturated carbocycles. The van der Waals surface area contributed by atoms with Crippen molar-refractivity contribution < 1.29 is 13.9 Å². The van der Waals surface area contributed by atoms with E-state index in [0.717, 1.165) is 29.8 Å². The molecule has 0 bridgehead atoms. The second-order valence-corrected chi connectivity index (χ2v) is 4.76. The van der Waals surface area contributed by atoms with Crippen molar-refractivity contribution in [3.63, 3.8) is 0 Å². The lowest BCUT2D eigenvalue weighted by Crippen LogP contribution is -2.41. The van der Waals surface area contributed by atoms with Gasteiger partial charge < -0.3 is 18.6 Å². The van der Waals surface area contributed by atoms with Crippen LogP contribution in [0.1, 0.15) is 23.8 Å². The van der Waals surface area contributed by atoms with Gasteiger partial charge in [0, 0.05) is 31.8 Å². The third-order valence-corrected chi connectivity index (χ3v) is 3.49. The molecule has 5 nitrogen and oxygen atoms in total. The Balaban J connectivity index is 1.95. The Bertz CT molecular complexity index is 579. The van der Waals surface area contributed by atoms with Crippen LogP contribution in [0.4, 0.5) is 0 Å². The van der Waals surface area contributed by atoms with Crippen molar-refractivity contribution in [1.29, 1.82) is 0 Å². The minimum absolute atomic E-state index is 0.0724. The fourth-order valence-electron chi connectivity index (χ4n) is 2.55. The molecule has 3 heterocycles. The largest absolute Gasteiger partial charge is 0.463 e. The molecule has 102 valence electrons. The molecule has 0 aromatic carbocycles. The Kier molecular flexibility index (Phi) is 3.29. The van der Waals surface area contributed by atoms with Crippen LogP contribution in [-0.2, 0) is 11.3 Å². The fraction of sp³-hybridized carbons (Fsp3) is 0.500. The van der Waals surface area contributed by atoms with Crippen LogP contribution >= 0.6 is 0 Å². The Morgan fingerprint density at radius 1 is 1.37 bits per heavy atom. The monoisotopic (exact) mass is 262 g/mol. The predicted molar refractivity (Wildman–Crippen MR) is 71.2 cm³/mol. The first-order chi connectivity index (χ1) is 9.31. The highest BCUT2D eigenvalue weighted by Gasteiger charge is 2.23. The van der Waals surface area contributed by atoms with Crippen LogP contribution < -0.4 is 0 Å². The molecule has 0 atom stereocenters. The SMILES string of the molecule is CCCn1c(C(=O)N2CCOCC2)cc2occc21. The highest BCUT2D eigenvalue weighted by Crippen LogP contribution is 2.23. The van der Waals surface area contributed by atoms with Crippen LogP contribution in [-0.4, -0.2) is 41.7 Å². The molecular formula is C14H18N2O3. The average molecular weight is 262 g/mol. The minimum atomic E-state index is 0.0724. The number of aromatic nitrogens is 1. The molecule has 0 aliphatic carbocycles. The molecule has 1 aliphatic heterocycles. The lowest BCUT2D eigenvalue weighted by molar-refractivity contribution is 0.0296. The van der Waals surface area contributed by atoms with Gasteiger partial charge in [0.05, 0.1) is 25.0 Å². The minimum Gasteiger partial charge on any atom is -0.463 e. The number of amides is 1. The highest BCUT2D eigenvalue weighted by atomic mass is 16.5. The normalized spacial score (nSPS) is 16.2. The van der Waals surface area contributed by atoms with Crippen molar-refractivity contribution >= 4 is 17.0 Å². The van der Waals surface area contributed by atoms with E-state index in [1.54, 1.807) is 6.26 Å². The Morgan fingerprint density at radius 3 is 2.89 bits per heavy atom. The summed E-state index contributed by atoms with van der Waals surface area (Å²) in [4.78, 5) is 14.4. The summed E-state index contributed by atoms with van der Waals surface area (Å²) >= 11 is 0. The molecule has 5 heteroatoms. The van der Waals surface area contributed by atoms with E-state index in [2.05, 4.69) is 11.5 Å². The number of hydrogen-bond acceptors (Lipinski definition) is 3. The summed E-state index contributed by atoms with van der Waals surface area (Å²) in [6.07, 6.45) is 2.65. The van der Waals surface area contributed by atoms with Gasteiger partial charge in [-0.3, -0.25) is 4.79 Å². The lowest BCUT2D eigenvalue weighted by atomic mass is 10.3. The van der Waals surface area contributed by atoms with E-state index in [0.29, 0.717) is 26.3 Å². The second-order valence-electron chi connectivity index (χ2n) is 4.76. The molecular weight excluding hydrogens is 244 g/mol. The number of aryl methyl sites for hydroxylation is 1. The maximum absolute atomic E-state index is 12.6. The van der Waals surface area contributed by atoms with Gasteiger partial charge in [0.15, 0.2) is 5.58 Å². The Labute approximate surface area is 111 Å². The summed E-state index contributed by atoms with van der Waals surface area (Å²) in [7, 11) is 0. The zero-order valence-corrected chi connectivity index (χ0v) is 11.1. The summed E-state index contributed by atoms with van der Waals surface area (Å²) < 4.78 is 12.7. The van der Waals surface area contributed by atoms with Gasteiger partial charge in [0.2, 0.25) is 0 Å². The number of nitrogens with zero attached hydrogens (tertiary/aromatic N) is 2. The zero-order chi connectivity index (χ0) is 13.2. The number of furan rings is 1. The van der Waals surface area contributed by atoms with Crippen LogP contribution in [0.3, 0.4) is 0 Å². The van der Waals surface area contributed by atoms with Crippen molar-refractivity contribution in [3.8, 4) is 0 Å². The van der Waals surface area contributed by atoms with Gasteiger partial charge >= 0.3 is 0 Å². The van der Waals surface area contributed by atoms with Gasteiger partial charge in [-0.1, -0.05) is 6.92 Å². The molecule has 2 aromatic rings. The van der Waals surface area contributed by atoms with E-state index in [4.69, 9.17) is 9.15 Å². The quantitative estimate of drug-likeness (QED) is 0.851. The standard InChI is InChI=1S/C14H18N2O3/c1-2-4-16-11-3-7-19-13(11)10-12(16)14(17)15-5-8-18-9-6-15/h3,7,10H,2,4-6,8-9H2,1H3. The molecule has 1 fully saturated rings. The maximum Gasteiger partial charge on any atom is 0.270 e. The van der Waals surface area contributed by atoms with E-state index in [1.165, 1.54) is 0 Å². The van der Waals surface area contributed by atoms with Crippen molar-refractivity contribution in [2.24, 2.45) is 0 Å². The van der Waals surface area contributed by atoms with Crippen LogP contribution in [0.5, 0.6) is 0 Å². The molecule has 0 unspecified atom stereocenters. The molecule has 0 N–H and O–H groups in total. The first-order valence-electron chi connectivity index (χ1n) is 6.75. The average Bonchev–Trinajstić information content (AvgIpc) is 3.02. The van der Waals surface area contributed by atoms with Crippen molar-refractivity contribution in [1.82, 2.24) is 9.47 Å². The summed E-state index contributed by atoms with van der Waals surface area (Å²) in [5, 5.41) is 0. The number of ether oxygens (including phenoxy) is 1. The fourth-order valence-corrected chi connectivity index (χ4v) is 2.55. The predicted octanol–water partition coefficient (Wildman–Crippen LogP) is 2.12. The number of fused-ring (bicyclic) bond motifs is 1. The molecule has 1 amide bonds. The summed E-state index contributed by atoms with van der Waals surface area (Å²) in [6, 6.07) is 3.77. The van der Waals surface area contributed by atoms with Crippen LogP contribution in [0.15, 0.2) is 22.8 Å². The van der Waals surface area contributed by atoms with Crippen LogP contribution in [0, 0.1) is 0 Å². The van der Waals surface area contributed by atoms with Crippen molar-refractivity contribution in [2.45, 2.75) is 19.9 Å². The third-order valence-electron chi connectivity index (χ3n) is 3.49. The highest BCUT2D eigenvalue weighted by molar-refractivity contribution is 5.97. The summed E-state index contributed by atoms with van der Waals surface area (Å²) in [5.74, 6) is 0.0724. The van der Waals surface area contributed by atoms with Gasteiger partial charge in [-0.05, 0) is 6.42 Å². The molecule has 0 radical (unpaired) electrons. The van der Waals surface area contributed by atoms with E-state index in [1.807, 2.05) is 17.0 Å². The topological polar surface area (TPSA) is 47.6 Å². The lowest BCUT2D eigenvalue weighted by Gasteiger charge is -2.27. The van der Waals surface area contributed by atoms with Gasteiger partial charge in [-0.25, -0.2) is 0 Å². The van der Waals surface area contributed by atoms with Crippen LogP contribution in [0.25, 0.3) is 11.1 Å². The number of morpholine rings is 1. The summed E-state index contributed by atoms with van der Waals surface area (Å²) in [6.45, 7) is 5.51. The molecule has 1 aliphatic rings. The second kappa shape index (κ2) is 5.09. The van der Waals surface area contributed by atoms with Crippen molar-refractivity contribution in [2.75, 3.05) is 26.3 Å². The van der Waals surface area contributed by atoms with Gasteiger partial charge in [-0.2, -0.15) is 0 Å². The maximum atomic E-state index is 12.6. The van der Waals surface area contributed by atoms with Gasteiger partial charge in [0.1, 0.15) is 5.69 Å². The first kappa shape index (κ1) is 12.3. The number of rotatable bonds is 3. The Morgan fingerprint density at radius 2 is 2.16 bits per heavy atom. The van der Waals surface area contributed by atoms with E-state index >= 15 is 0 Å². The van der Waals surface area contributed by atoms with E-state index in [9.17, 15) is 4.79 Å². The Hall–Kier alpha value is -1.75. The molecule has 2 aromatic heterocycles. The van der Waals surface area contributed by atoms with E-state index in [-0.39, 0.29) is 5.91 Å². The number of carbonyl (C=O) groups excluding carboxylic acids is 1. The summed E-state index contributed by atoms with van der Waals surface area (Å²) in [5.41, 5.74) is 2.50. The van der Waals surface area contributed by atoms with Gasteiger partial charge in [0.25, 0.3) is 5.91 Å². The molecule has 3 rings (SSSR count). The molecule has 0 spiro atoms. The third kappa shape index (κ3) is 2.14. The number of hydrogen-bond donors (Lipinski definition) is 0. The van der Waals surface area contributed by atoms with Crippen molar-refractivity contribution in [3.05, 3.63) is 24.1 Å². The molecule has 1 saturated heterocycles. The smallest absolute Gasteiger partial charge is 0.270 e. The van der Waals surface area contributed by atoms with E-state index < -0.39 is 0 Å². The van der Waals surface area contributed by atoms with Crippen LogP contribution in [0.2, 0.25) is 0 Å². The zero-order valence-electron chi connectivity index (χ0n) is 11.1. The van der Waals surface area contributed by atoms with Gasteiger partial charge in [-0.15, -0.1) is 0 Å². The first-order valence-corrected chi connectivity index (χ1v) is 6.75. The number of carbonyl (C=O) groups is 1. The molecule has 19 heavy (non-hydrogen) atoms.